The Kier molecular flexibility index (Phi) is 4.40. The molecule has 3 heterocycles. The summed E-state index contributed by atoms with van der Waals surface area (Å²) in [6.45, 7) is 5.44. The van der Waals surface area contributed by atoms with Crippen molar-refractivity contribution in [3.8, 4) is 0 Å². The molecule has 1 saturated heterocycles. The van der Waals surface area contributed by atoms with E-state index in [0.717, 1.165) is 50.5 Å². The first-order valence-corrected chi connectivity index (χ1v) is 7.62. The second-order valence-electron chi connectivity index (χ2n) is 5.77. The summed E-state index contributed by atoms with van der Waals surface area (Å²) in [6.07, 6.45) is 4.54. The van der Waals surface area contributed by atoms with Gasteiger partial charge in [0.1, 0.15) is 5.82 Å². The van der Waals surface area contributed by atoms with E-state index >= 15 is 0 Å². The zero-order valence-corrected chi connectivity index (χ0v) is 13.2. The van der Waals surface area contributed by atoms with E-state index < -0.39 is 0 Å². The highest BCUT2D eigenvalue weighted by molar-refractivity contribution is 5.89. The Bertz CT molecular complexity index is 659. The Balaban J connectivity index is 1.72. The van der Waals surface area contributed by atoms with Gasteiger partial charge in [0.25, 0.3) is 0 Å². The Morgan fingerprint density at radius 2 is 2.05 bits per heavy atom. The lowest BCUT2D eigenvalue weighted by Gasteiger charge is -2.32. The number of piperazine rings is 1. The minimum atomic E-state index is -0.319. The predicted octanol–water partition coefficient (Wildman–Crippen LogP) is 0.911. The van der Waals surface area contributed by atoms with Gasteiger partial charge in [-0.25, -0.2) is 9.78 Å². The quantitative estimate of drug-likeness (QED) is 0.786. The maximum absolute atomic E-state index is 11.7. The topological polar surface area (TPSA) is 50.1 Å². The number of hydrogen-bond donors (Lipinski definition) is 0. The van der Waals surface area contributed by atoms with Crippen LogP contribution in [0, 0.1) is 0 Å². The number of aromatic nitrogens is 2. The van der Waals surface area contributed by atoms with E-state index in [-0.39, 0.29) is 5.97 Å². The van der Waals surface area contributed by atoms with Crippen LogP contribution in [0.25, 0.3) is 5.52 Å². The van der Waals surface area contributed by atoms with Crippen LogP contribution in [0.2, 0.25) is 0 Å². The SMILES string of the molecule is COC(=O)c1ccc2cnc(CCN3CCN(C)CC3)n2c1. The normalized spacial score (nSPS) is 17.0. The minimum absolute atomic E-state index is 0.319. The van der Waals surface area contributed by atoms with Crippen LogP contribution in [0.15, 0.2) is 24.5 Å². The van der Waals surface area contributed by atoms with E-state index in [1.54, 1.807) is 6.07 Å². The van der Waals surface area contributed by atoms with Crippen molar-refractivity contribution in [2.75, 3.05) is 46.9 Å². The number of pyridine rings is 1. The number of rotatable bonds is 4. The molecule has 1 aliphatic heterocycles. The second-order valence-corrected chi connectivity index (χ2v) is 5.77. The molecule has 0 saturated carbocycles. The summed E-state index contributed by atoms with van der Waals surface area (Å²) >= 11 is 0. The third kappa shape index (κ3) is 3.13. The molecule has 1 aliphatic rings. The highest BCUT2D eigenvalue weighted by atomic mass is 16.5. The number of hydrogen-bond acceptors (Lipinski definition) is 5. The van der Waals surface area contributed by atoms with Crippen molar-refractivity contribution in [2.45, 2.75) is 6.42 Å². The fourth-order valence-corrected chi connectivity index (χ4v) is 2.80. The van der Waals surface area contributed by atoms with Gasteiger partial charge in [-0.05, 0) is 19.2 Å². The summed E-state index contributed by atoms with van der Waals surface area (Å²) in [5, 5.41) is 0. The molecule has 3 rings (SSSR count). The molecule has 6 heteroatoms. The third-order valence-corrected chi connectivity index (χ3v) is 4.27. The van der Waals surface area contributed by atoms with Crippen molar-refractivity contribution in [1.29, 1.82) is 0 Å². The number of carbonyl (C=O) groups excluding carboxylic acids is 1. The number of methoxy groups -OCH3 is 1. The molecule has 0 N–H and O–H groups in total. The molecular weight excluding hydrogens is 280 g/mol. The van der Waals surface area contributed by atoms with Crippen LogP contribution in [-0.4, -0.2) is 72.0 Å². The predicted molar refractivity (Wildman–Crippen MR) is 84.2 cm³/mol. The molecule has 0 unspecified atom stereocenters. The fraction of sp³-hybridized carbons (Fsp3) is 0.500. The monoisotopic (exact) mass is 302 g/mol. The van der Waals surface area contributed by atoms with Crippen LogP contribution in [0.4, 0.5) is 0 Å². The Morgan fingerprint density at radius 3 is 2.77 bits per heavy atom. The van der Waals surface area contributed by atoms with Crippen molar-refractivity contribution in [3.63, 3.8) is 0 Å². The maximum Gasteiger partial charge on any atom is 0.339 e. The van der Waals surface area contributed by atoms with Gasteiger partial charge < -0.3 is 18.9 Å². The van der Waals surface area contributed by atoms with E-state index in [1.165, 1.54) is 7.11 Å². The molecular formula is C16H22N4O2. The van der Waals surface area contributed by atoms with Gasteiger partial charge in [-0.3, -0.25) is 0 Å². The van der Waals surface area contributed by atoms with Crippen LogP contribution >= 0.6 is 0 Å². The third-order valence-electron chi connectivity index (χ3n) is 4.27. The molecule has 2 aromatic heterocycles. The van der Waals surface area contributed by atoms with Crippen molar-refractivity contribution in [3.05, 3.63) is 35.9 Å². The Morgan fingerprint density at radius 1 is 1.27 bits per heavy atom. The molecule has 22 heavy (non-hydrogen) atoms. The number of likely N-dealkylation sites (N-methyl/N-ethyl adjacent to an activating group) is 1. The highest BCUT2D eigenvalue weighted by Gasteiger charge is 2.15. The first-order valence-electron chi connectivity index (χ1n) is 7.62. The highest BCUT2D eigenvalue weighted by Crippen LogP contribution is 2.12. The first kappa shape index (κ1) is 15.0. The zero-order chi connectivity index (χ0) is 15.5. The summed E-state index contributed by atoms with van der Waals surface area (Å²) < 4.78 is 6.77. The number of carbonyl (C=O) groups is 1. The van der Waals surface area contributed by atoms with Crippen molar-refractivity contribution < 1.29 is 9.53 Å². The Hall–Kier alpha value is -1.92. The molecule has 1 fully saturated rings. The molecule has 0 spiro atoms. The smallest absolute Gasteiger partial charge is 0.339 e. The van der Waals surface area contributed by atoms with Crippen LogP contribution in [0.5, 0.6) is 0 Å². The van der Waals surface area contributed by atoms with E-state index in [4.69, 9.17) is 4.74 Å². The van der Waals surface area contributed by atoms with Crippen molar-refractivity contribution in [2.24, 2.45) is 0 Å². The number of fused-ring (bicyclic) bond motifs is 1. The minimum Gasteiger partial charge on any atom is -0.465 e. The van der Waals surface area contributed by atoms with E-state index in [2.05, 4.69) is 21.8 Å². The van der Waals surface area contributed by atoms with Gasteiger partial charge in [-0.1, -0.05) is 0 Å². The maximum atomic E-state index is 11.7. The Labute approximate surface area is 130 Å². The average molecular weight is 302 g/mol. The van der Waals surface area contributed by atoms with Gasteiger partial charge in [0.2, 0.25) is 0 Å². The molecule has 0 atom stereocenters. The number of esters is 1. The van der Waals surface area contributed by atoms with Crippen molar-refractivity contribution in [1.82, 2.24) is 19.2 Å². The molecule has 6 nitrogen and oxygen atoms in total. The average Bonchev–Trinajstić information content (AvgIpc) is 2.96. The van der Waals surface area contributed by atoms with E-state index in [9.17, 15) is 4.79 Å². The summed E-state index contributed by atoms with van der Waals surface area (Å²) in [5.41, 5.74) is 1.55. The molecule has 0 aromatic carbocycles. The van der Waals surface area contributed by atoms with E-state index in [1.807, 2.05) is 22.9 Å². The molecule has 0 amide bonds. The van der Waals surface area contributed by atoms with Gasteiger partial charge >= 0.3 is 5.97 Å². The van der Waals surface area contributed by atoms with E-state index in [0.29, 0.717) is 5.56 Å². The summed E-state index contributed by atoms with van der Waals surface area (Å²) in [7, 11) is 3.56. The summed E-state index contributed by atoms with van der Waals surface area (Å²) in [4.78, 5) is 21.0. The number of imidazole rings is 1. The van der Waals surface area contributed by atoms with Crippen LogP contribution in [0.1, 0.15) is 16.2 Å². The lowest BCUT2D eigenvalue weighted by atomic mass is 10.2. The largest absolute Gasteiger partial charge is 0.465 e. The van der Waals surface area contributed by atoms with Crippen molar-refractivity contribution >= 4 is 11.5 Å². The van der Waals surface area contributed by atoms with Gasteiger partial charge in [0, 0.05) is 45.3 Å². The van der Waals surface area contributed by atoms with Crippen LogP contribution in [0.3, 0.4) is 0 Å². The second kappa shape index (κ2) is 6.46. The summed E-state index contributed by atoms with van der Waals surface area (Å²) in [6, 6.07) is 3.67. The molecule has 0 bridgehead atoms. The standard InChI is InChI=1S/C16H22N4O2/c1-18-7-9-19(10-8-18)6-5-15-17-11-14-4-3-13(12-20(14)15)16(21)22-2/h3-4,11-12H,5-10H2,1-2H3. The lowest BCUT2D eigenvalue weighted by Crippen LogP contribution is -2.45. The van der Waals surface area contributed by atoms with Gasteiger partial charge in [-0.2, -0.15) is 0 Å². The van der Waals surface area contributed by atoms with Gasteiger partial charge in [0.15, 0.2) is 0 Å². The molecule has 2 aromatic rings. The van der Waals surface area contributed by atoms with Crippen LogP contribution < -0.4 is 0 Å². The fourth-order valence-electron chi connectivity index (χ4n) is 2.80. The van der Waals surface area contributed by atoms with Gasteiger partial charge in [0.05, 0.1) is 24.4 Å². The number of ether oxygens (including phenoxy) is 1. The number of nitrogens with zero attached hydrogens (tertiary/aromatic N) is 4. The first-order chi connectivity index (χ1) is 10.7. The molecule has 0 radical (unpaired) electrons. The molecule has 0 aliphatic carbocycles. The van der Waals surface area contributed by atoms with Crippen LogP contribution in [-0.2, 0) is 11.2 Å². The summed E-state index contributed by atoms with van der Waals surface area (Å²) in [5.74, 6) is 0.667. The zero-order valence-electron chi connectivity index (χ0n) is 13.2. The lowest BCUT2D eigenvalue weighted by molar-refractivity contribution is 0.0600. The van der Waals surface area contributed by atoms with Gasteiger partial charge in [-0.15, -0.1) is 0 Å². The molecule has 118 valence electrons.